The number of carbonyl (C=O) groups excluding carboxylic acids is 2. The third-order valence-electron chi connectivity index (χ3n) is 1.18. The van der Waals surface area contributed by atoms with Crippen LogP contribution >= 0.6 is 0 Å². The lowest BCUT2D eigenvalue weighted by molar-refractivity contribution is -0.153. The van der Waals surface area contributed by atoms with Crippen molar-refractivity contribution >= 4 is 11.8 Å². The Kier molecular flexibility index (Phi) is 6.28. The van der Waals surface area contributed by atoms with E-state index in [9.17, 15) is 9.59 Å². The van der Waals surface area contributed by atoms with E-state index < -0.39 is 11.8 Å². The average Bonchev–Trinajstić information content (AvgIpc) is 2.05. The van der Waals surface area contributed by atoms with Crippen LogP contribution in [0.4, 0.5) is 0 Å². The van der Waals surface area contributed by atoms with Gasteiger partial charge in [-0.2, -0.15) is 0 Å². The lowest BCUT2D eigenvalue weighted by atomic mass is 10.3. The Morgan fingerprint density at radius 3 is 2.33 bits per heavy atom. The van der Waals surface area contributed by atoms with Crippen molar-refractivity contribution in [2.45, 2.75) is 20.3 Å². The molecule has 0 N–H and O–H groups in total. The molecule has 0 spiro atoms. The van der Waals surface area contributed by atoms with Gasteiger partial charge < -0.3 is 9.47 Å². The van der Waals surface area contributed by atoms with Crippen molar-refractivity contribution in [2.75, 3.05) is 19.8 Å². The van der Waals surface area contributed by atoms with Crippen LogP contribution in [-0.2, 0) is 19.1 Å². The van der Waals surface area contributed by atoms with Gasteiger partial charge in [-0.05, 0) is 13.8 Å². The van der Waals surface area contributed by atoms with E-state index in [1.165, 1.54) is 0 Å². The van der Waals surface area contributed by atoms with Gasteiger partial charge in [0, 0.05) is 13.0 Å². The molecule has 0 aliphatic rings. The van der Waals surface area contributed by atoms with Crippen molar-refractivity contribution in [3.05, 3.63) is 0 Å². The van der Waals surface area contributed by atoms with Gasteiger partial charge in [0.25, 0.3) is 0 Å². The van der Waals surface area contributed by atoms with Crippen LogP contribution in [0.2, 0.25) is 0 Å². The van der Waals surface area contributed by atoms with Crippen molar-refractivity contribution in [1.29, 1.82) is 0 Å². The fraction of sp³-hybridized carbons (Fsp3) is 0.750. The van der Waals surface area contributed by atoms with E-state index in [4.69, 9.17) is 4.74 Å². The van der Waals surface area contributed by atoms with Crippen LogP contribution in [-0.4, -0.2) is 31.6 Å². The zero-order valence-electron chi connectivity index (χ0n) is 7.46. The van der Waals surface area contributed by atoms with Crippen molar-refractivity contribution in [2.24, 2.45) is 0 Å². The van der Waals surface area contributed by atoms with Crippen LogP contribution in [0.15, 0.2) is 0 Å². The van der Waals surface area contributed by atoms with Gasteiger partial charge in [0.2, 0.25) is 5.78 Å². The maximum absolute atomic E-state index is 10.9. The molecule has 70 valence electrons. The van der Waals surface area contributed by atoms with Crippen LogP contribution in [0.25, 0.3) is 0 Å². The maximum Gasteiger partial charge on any atom is 0.374 e. The van der Waals surface area contributed by atoms with E-state index in [1.54, 1.807) is 6.92 Å². The quantitative estimate of drug-likeness (QED) is 0.335. The summed E-state index contributed by atoms with van der Waals surface area (Å²) in [5.41, 5.74) is 0. The predicted molar refractivity (Wildman–Crippen MR) is 42.8 cm³/mol. The summed E-state index contributed by atoms with van der Waals surface area (Å²) in [6.45, 7) is 4.56. The molecule has 0 fully saturated rings. The maximum atomic E-state index is 10.9. The number of ether oxygens (including phenoxy) is 2. The van der Waals surface area contributed by atoms with Crippen LogP contribution in [0.5, 0.6) is 0 Å². The molecule has 0 aromatic heterocycles. The van der Waals surface area contributed by atoms with Gasteiger partial charge in [0.15, 0.2) is 0 Å². The van der Waals surface area contributed by atoms with Crippen molar-refractivity contribution < 1.29 is 19.1 Å². The molecule has 0 saturated heterocycles. The van der Waals surface area contributed by atoms with E-state index in [1.807, 2.05) is 6.92 Å². The molecular formula is C8H14O4. The highest BCUT2D eigenvalue weighted by molar-refractivity contribution is 6.33. The smallest absolute Gasteiger partial charge is 0.374 e. The highest BCUT2D eigenvalue weighted by atomic mass is 16.5. The SMILES string of the molecule is CCOCCC(=O)C(=O)OCC. The third kappa shape index (κ3) is 4.85. The van der Waals surface area contributed by atoms with Gasteiger partial charge in [-0.3, -0.25) is 4.79 Å². The zero-order chi connectivity index (χ0) is 9.40. The van der Waals surface area contributed by atoms with Crippen molar-refractivity contribution in [3.63, 3.8) is 0 Å². The summed E-state index contributed by atoms with van der Waals surface area (Å²) < 4.78 is 9.39. The second-order valence-electron chi connectivity index (χ2n) is 2.09. The molecule has 0 unspecified atom stereocenters. The summed E-state index contributed by atoms with van der Waals surface area (Å²) in [5.74, 6) is -1.29. The highest BCUT2D eigenvalue weighted by Crippen LogP contribution is 1.89. The van der Waals surface area contributed by atoms with E-state index in [-0.39, 0.29) is 19.6 Å². The van der Waals surface area contributed by atoms with Crippen molar-refractivity contribution in [3.8, 4) is 0 Å². The number of esters is 1. The monoisotopic (exact) mass is 174 g/mol. The molecule has 0 aliphatic heterocycles. The number of ketones is 1. The van der Waals surface area contributed by atoms with E-state index >= 15 is 0 Å². The van der Waals surface area contributed by atoms with Crippen LogP contribution < -0.4 is 0 Å². The molecule has 0 aromatic rings. The zero-order valence-corrected chi connectivity index (χ0v) is 7.46. The van der Waals surface area contributed by atoms with Crippen molar-refractivity contribution in [1.82, 2.24) is 0 Å². The summed E-state index contributed by atoms with van der Waals surface area (Å²) in [5, 5.41) is 0. The second-order valence-corrected chi connectivity index (χ2v) is 2.09. The number of hydrogen-bond donors (Lipinski definition) is 0. The lowest BCUT2D eigenvalue weighted by Crippen LogP contribution is -2.18. The number of hydrogen-bond acceptors (Lipinski definition) is 4. The molecule has 0 aliphatic carbocycles. The molecule has 0 heterocycles. The van der Waals surface area contributed by atoms with Gasteiger partial charge >= 0.3 is 5.97 Å². The summed E-state index contributed by atoms with van der Waals surface area (Å²) in [6.07, 6.45) is 0.104. The molecule has 0 aromatic carbocycles. The molecule has 4 heteroatoms. The summed E-state index contributed by atoms with van der Waals surface area (Å²) >= 11 is 0. The fourth-order valence-corrected chi connectivity index (χ4v) is 0.623. The van der Waals surface area contributed by atoms with Gasteiger partial charge in [-0.25, -0.2) is 4.79 Å². The molecular weight excluding hydrogens is 160 g/mol. The van der Waals surface area contributed by atoms with Gasteiger partial charge in [-0.15, -0.1) is 0 Å². The Morgan fingerprint density at radius 2 is 1.83 bits per heavy atom. The standard InChI is InChI=1S/C8H14O4/c1-3-11-6-5-7(9)8(10)12-4-2/h3-6H2,1-2H3. The Labute approximate surface area is 71.8 Å². The molecule has 0 bridgehead atoms. The minimum Gasteiger partial charge on any atom is -0.460 e. The number of carbonyl (C=O) groups is 2. The van der Waals surface area contributed by atoms with E-state index in [0.717, 1.165) is 0 Å². The molecule has 0 saturated carbocycles. The number of rotatable bonds is 6. The van der Waals surface area contributed by atoms with Crippen LogP contribution in [0.1, 0.15) is 20.3 Å². The Hall–Kier alpha value is -0.900. The first-order valence-corrected chi connectivity index (χ1v) is 4.00. The predicted octanol–water partition coefficient (Wildman–Crippen LogP) is 0.545. The largest absolute Gasteiger partial charge is 0.460 e. The molecule has 4 nitrogen and oxygen atoms in total. The Balaban J connectivity index is 3.50. The van der Waals surface area contributed by atoms with Gasteiger partial charge in [-0.1, -0.05) is 0 Å². The molecule has 0 radical (unpaired) electrons. The van der Waals surface area contributed by atoms with E-state index in [2.05, 4.69) is 4.74 Å². The van der Waals surface area contributed by atoms with Gasteiger partial charge in [0.1, 0.15) is 0 Å². The molecule has 12 heavy (non-hydrogen) atoms. The minimum absolute atomic E-state index is 0.104. The fourth-order valence-electron chi connectivity index (χ4n) is 0.623. The molecule has 0 atom stereocenters. The first-order valence-electron chi connectivity index (χ1n) is 4.00. The lowest BCUT2D eigenvalue weighted by Gasteiger charge is -2.00. The number of Topliss-reactive ketones (excluding diaryl/α,β-unsaturated/α-hetero) is 1. The Bertz CT molecular complexity index is 153. The second kappa shape index (κ2) is 6.79. The normalized spacial score (nSPS) is 9.50. The first kappa shape index (κ1) is 11.1. The Morgan fingerprint density at radius 1 is 1.17 bits per heavy atom. The van der Waals surface area contributed by atoms with E-state index in [0.29, 0.717) is 6.61 Å². The summed E-state index contributed by atoms with van der Waals surface area (Å²) in [4.78, 5) is 21.6. The van der Waals surface area contributed by atoms with Crippen LogP contribution in [0, 0.1) is 0 Å². The highest BCUT2D eigenvalue weighted by Gasteiger charge is 2.13. The topological polar surface area (TPSA) is 52.6 Å². The summed E-state index contributed by atoms with van der Waals surface area (Å²) in [7, 11) is 0. The summed E-state index contributed by atoms with van der Waals surface area (Å²) in [6, 6.07) is 0. The molecule has 0 rings (SSSR count). The molecule has 0 amide bonds. The van der Waals surface area contributed by atoms with Gasteiger partial charge in [0.05, 0.1) is 13.2 Å². The first-order chi connectivity index (χ1) is 5.72. The third-order valence-corrected chi connectivity index (χ3v) is 1.18. The minimum atomic E-state index is -0.766. The van der Waals surface area contributed by atoms with Crippen LogP contribution in [0.3, 0.4) is 0 Å². The average molecular weight is 174 g/mol.